The second-order valence-electron chi connectivity index (χ2n) is 10.5. The number of nitrogens with zero attached hydrogens (tertiary/aromatic N) is 2. The number of piperidine rings is 1. The maximum Gasteiger partial charge on any atom is 0.410 e. The number of sulfonamides is 1. The van der Waals surface area contributed by atoms with Crippen LogP contribution in [0.1, 0.15) is 33.6 Å². The van der Waals surface area contributed by atoms with Crippen molar-refractivity contribution in [1.82, 2.24) is 4.90 Å². The summed E-state index contributed by atoms with van der Waals surface area (Å²) in [7, 11) is -2.32. The van der Waals surface area contributed by atoms with Gasteiger partial charge < -0.3 is 14.4 Å². The van der Waals surface area contributed by atoms with E-state index in [1.54, 1.807) is 54.5 Å². The van der Waals surface area contributed by atoms with Gasteiger partial charge in [0.1, 0.15) is 11.4 Å². The Labute approximate surface area is 226 Å². The van der Waals surface area contributed by atoms with Gasteiger partial charge in [-0.3, -0.25) is 4.31 Å². The summed E-state index contributed by atoms with van der Waals surface area (Å²) < 4.78 is 40.8. The normalized spacial score (nSPS) is 16.1. The third-order valence-corrected chi connectivity index (χ3v) is 8.28. The Bertz CT molecular complexity index is 1340. The molecule has 1 heterocycles. The number of ether oxygens (including phenoxy) is 2. The molecule has 0 radical (unpaired) electrons. The van der Waals surface area contributed by atoms with Crippen LogP contribution in [0.3, 0.4) is 0 Å². The Kier molecular flexibility index (Phi) is 8.31. The molecule has 202 valence electrons. The molecule has 1 aliphatic rings. The van der Waals surface area contributed by atoms with E-state index in [9.17, 15) is 13.2 Å². The van der Waals surface area contributed by atoms with Gasteiger partial charge in [-0.1, -0.05) is 48.5 Å². The van der Waals surface area contributed by atoms with Crippen LogP contribution in [0.5, 0.6) is 5.75 Å². The topological polar surface area (TPSA) is 76.2 Å². The van der Waals surface area contributed by atoms with Crippen molar-refractivity contribution in [2.24, 2.45) is 5.92 Å². The van der Waals surface area contributed by atoms with Crippen LogP contribution in [0.4, 0.5) is 10.5 Å². The molecule has 0 aromatic heterocycles. The van der Waals surface area contributed by atoms with Crippen molar-refractivity contribution in [3.8, 4) is 16.9 Å². The van der Waals surface area contributed by atoms with Crippen molar-refractivity contribution in [1.29, 1.82) is 0 Å². The summed E-state index contributed by atoms with van der Waals surface area (Å²) in [6.45, 7) is 6.77. The highest BCUT2D eigenvalue weighted by Crippen LogP contribution is 2.38. The van der Waals surface area contributed by atoms with E-state index in [4.69, 9.17) is 9.47 Å². The first-order valence-electron chi connectivity index (χ1n) is 12.9. The predicted molar refractivity (Wildman–Crippen MR) is 150 cm³/mol. The minimum Gasteiger partial charge on any atom is -0.497 e. The minimum atomic E-state index is -3.91. The van der Waals surface area contributed by atoms with Gasteiger partial charge in [-0.25, -0.2) is 13.2 Å². The summed E-state index contributed by atoms with van der Waals surface area (Å²) in [6.07, 6.45) is 1.21. The van der Waals surface area contributed by atoms with Crippen molar-refractivity contribution in [2.75, 3.05) is 31.0 Å². The van der Waals surface area contributed by atoms with Crippen molar-refractivity contribution in [3.05, 3.63) is 78.9 Å². The lowest BCUT2D eigenvalue weighted by molar-refractivity contribution is 0.0171. The number of rotatable bonds is 7. The maximum atomic E-state index is 14.1. The van der Waals surface area contributed by atoms with Crippen LogP contribution in [0, 0.1) is 5.92 Å². The molecule has 4 rings (SSSR count). The third-order valence-electron chi connectivity index (χ3n) is 6.48. The average Bonchev–Trinajstić information content (AvgIpc) is 2.91. The zero-order valence-corrected chi connectivity index (χ0v) is 23.3. The predicted octanol–water partition coefficient (Wildman–Crippen LogP) is 6.20. The number of hydrogen-bond acceptors (Lipinski definition) is 5. The number of benzene rings is 3. The summed E-state index contributed by atoms with van der Waals surface area (Å²) in [5.41, 5.74) is 1.61. The molecular weight excluding hydrogens is 500 g/mol. The molecule has 3 aromatic rings. The molecule has 38 heavy (non-hydrogen) atoms. The quantitative estimate of drug-likeness (QED) is 0.359. The van der Waals surface area contributed by atoms with E-state index in [1.165, 1.54) is 4.31 Å². The molecule has 0 saturated carbocycles. The van der Waals surface area contributed by atoms with Crippen LogP contribution >= 0.6 is 0 Å². The van der Waals surface area contributed by atoms with E-state index in [-0.39, 0.29) is 23.5 Å². The summed E-state index contributed by atoms with van der Waals surface area (Å²) in [6, 6.07) is 23.6. The van der Waals surface area contributed by atoms with E-state index >= 15 is 0 Å². The minimum absolute atomic E-state index is 0.0690. The Morgan fingerprint density at radius 2 is 1.66 bits per heavy atom. The molecule has 8 heteroatoms. The van der Waals surface area contributed by atoms with E-state index in [0.717, 1.165) is 24.0 Å². The molecule has 0 spiro atoms. The first kappa shape index (κ1) is 27.5. The van der Waals surface area contributed by atoms with Crippen LogP contribution < -0.4 is 9.04 Å². The Balaban J connectivity index is 1.75. The van der Waals surface area contributed by atoms with Gasteiger partial charge in [0.05, 0.1) is 17.7 Å². The van der Waals surface area contributed by atoms with Gasteiger partial charge in [-0.15, -0.1) is 0 Å². The van der Waals surface area contributed by atoms with Crippen LogP contribution in [-0.2, 0) is 14.8 Å². The summed E-state index contributed by atoms with van der Waals surface area (Å²) in [4.78, 5) is 14.7. The number of methoxy groups -OCH3 is 1. The molecule has 0 bridgehead atoms. The van der Waals surface area contributed by atoms with Crippen molar-refractivity contribution in [3.63, 3.8) is 0 Å². The lowest BCUT2D eigenvalue weighted by Crippen LogP contribution is -2.46. The number of hydrogen-bond donors (Lipinski definition) is 0. The average molecular weight is 537 g/mol. The highest BCUT2D eigenvalue weighted by Gasteiger charge is 2.33. The molecule has 1 unspecified atom stereocenters. The summed E-state index contributed by atoms with van der Waals surface area (Å²) in [5.74, 6) is 0.568. The van der Waals surface area contributed by atoms with Crippen molar-refractivity contribution in [2.45, 2.75) is 44.1 Å². The molecule has 1 aliphatic heterocycles. The fraction of sp³-hybridized carbons (Fsp3) is 0.367. The summed E-state index contributed by atoms with van der Waals surface area (Å²) >= 11 is 0. The molecule has 1 amide bonds. The second-order valence-corrected chi connectivity index (χ2v) is 12.4. The number of carbonyl (C=O) groups excluding carboxylic acids is 1. The zero-order valence-electron chi connectivity index (χ0n) is 22.5. The highest BCUT2D eigenvalue weighted by molar-refractivity contribution is 7.92. The Morgan fingerprint density at radius 1 is 1.00 bits per heavy atom. The van der Waals surface area contributed by atoms with E-state index < -0.39 is 15.6 Å². The molecule has 0 N–H and O–H groups in total. The number of anilines is 1. The Hall–Kier alpha value is -3.52. The van der Waals surface area contributed by atoms with Crippen LogP contribution in [-0.4, -0.2) is 51.8 Å². The molecule has 0 aliphatic carbocycles. The molecule has 1 atom stereocenters. The third kappa shape index (κ3) is 6.48. The van der Waals surface area contributed by atoms with Crippen molar-refractivity contribution < 1.29 is 22.7 Å². The largest absolute Gasteiger partial charge is 0.497 e. The van der Waals surface area contributed by atoms with E-state index in [0.29, 0.717) is 24.5 Å². The fourth-order valence-corrected chi connectivity index (χ4v) is 6.28. The monoisotopic (exact) mass is 536 g/mol. The number of amides is 1. The lowest BCUT2D eigenvalue weighted by Gasteiger charge is -2.37. The Morgan fingerprint density at radius 3 is 2.29 bits per heavy atom. The number of likely N-dealkylation sites (tertiary alicyclic amines) is 1. The molecule has 7 nitrogen and oxygen atoms in total. The first-order valence-corrected chi connectivity index (χ1v) is 14.3. The van der Waals surface area contributed by atoms with Crippen molar-refractivity contribution >= 4 is 21.8 Å². The molecule has 1 fully saturated rings. The van der Waals surface area contributed by atoms with Gasteiger partial charge in [-0.05, 0) is 75.4 Å². The van der Waals surface area contributed by atoms with Gasteiger partial charge in [0.15, 0.2) is 0 Å². The van der Waals surface area contributed by atoms with Crippen LogP contribution in [0.25, 0.3) is 11.1 Å². The molecular formula is C30H36N2O5S. The fourth-order valence-electron chi connectivity index (χ4n) is 4.70. The lowest BCUT2D eigenvalue weighted by atomic mass is 9.97. The van der Waals surface area contributed by atoms with Gasteiger partial charge in [-0.2, -0.15) is 0 Å². The standard InChI is InChI=1S/C30H36N2O5S/c1-30(2,3)37-29(33)31-19-11-12-23(21-31)22-32(38(34,35)26-15-9-6-10-16-26)28-18-17-25(36-4)20-27(28)24-13-7-5-8-14-24/h5-10,13-18,20,23H,11-12,19,21-22H2,1-4H3. The zero-order chi connectivity index (χ0) is 27.3. The van der Waals surface area contributed by atoms with Gasteiger partial charge in [0.25, 0.3) is 10.0 Å². The van der Waals surface area contributed by atoms with Gasteiger partial charge >= 0.3 is 6.09 Å². The maximum absolute atomic E-state index is 14.1. The van der Waals surface area contributed by atoms with Crippen LogP contribution in [0.15, 0.2) is 83.8 Å². The first-order chi connectivity index (χ1) is 18.1. The van der Waals surface area contributed by atoms with Gasteiger partial charge in [0, 0.05) is 25.2 Å². The summed E-state index contributed by atoms with van der Waals surface area (Å²) in [5, 5.41) is 0. The van der Waals surface area contributed by atoms with E-state index in [2.05, 4.69) is 0 Å². The molecule has 3 aromatic carbocycles. The SMILES string of the molecule is COc1ccc(N(CC2CCCN(C(=O)OC(C)(C)C)C2)S(=O)(=O)c2ccccc2)c(-c2ccccc2)c1. The molecule has 1 saturated heterocycles. The highest BCUT2D eigenvalue weighted by atomic mass is 32.2. The number of carbonyl (C=O) groups is 1. The second kappa shape index (κ2) is 11.5. The van der Waals surface area contributed by atoms with Gasteiger partial charge in [0.2, 0.25) is 0 Å². The van der Waals surface area contributed by atoms with E-state index in [1.807, 2.05) is 57.2 Å². The smallest absolute Gasteiger partial charge is 0.410 e. The van der Waals surface area contributed by atoms with Crippen LogP contribution in [0.2, 0.25) is 0 Å².